The van der Waals surface area contributed by atoms with Crippen LogP contribution < -0.4 is 11.1 Å². The minimum atomic E-state index is -0.578. The van der Waals surface area contributed by atoms with Crippen LogP contribution in [0.5, 0.6) is 0 Å². The second kappa shape index (κ2) is 8.60. The van der Waals surface area contributed by atoms with Crippen LogP contribution in [-0.4, -0.2) is 55.2 Å². The van der Waals surface area contributed by atoms with Crippen LogP contribution in [0.25, 0.3) is 0 Å². The molecule has 1 rings (SSSR count). The zero-order valence-electron chi connectivity index (χ0n) is 13.3. The molecule has 0 bridgehead atoms. The Morgan fingerprint density at radius 2 is 2.10 bits per heavy atom. The van der Waals surface area contributed by atoms with E-state index in [9.17, 15) is 4.79 Å². The first-order valence-corrected chi connectivity index (χ1v) is 7.96. The maximum absolute atomic E-state index is 11.9. The quantitative estimate of drug-likeness (QED) is 0.666. The van der Waals surface area contributed by atoms with E-state index in [0.717, 1.165) is 39.0 Å². The van der Waals surface area contributed by atoms with Crippen molar-refractivity contribution in [1.29, 1.82) is 0 Å². The summed E-state index contributed by atoms with van der Waals surface area (Å²) in [5.41, 5.74) is 5.09. The minimum absolute atomic E-state index is 0.155. The zero-order chi connectivity index (χ0) is 15.0. The number of amides is 1. The van der Waals surface area contributed by atoms with Crippen LogP contribution in [0.2, 0.25) is 0 Å². The molecule has 2 atom stereocenters. The highest BCUT2D eigenvalue weighted by atomic mass is 16.5. The summed E-state index contributed by atoms with van der Waals surface area (Å²) in [6, 6.07) is 0. The predicted octanol–water partition coefficient (Wildman–Crippen LogP) is 1.12. The molecule has 5 heteroatoms. The van der Waals surface area contributed by atoms with Crippen LogP contribution in [-0.2, 0) is 9.53 Å². The number of likely N-dealkylation sites (N-methyl/N-ethyl adjacent to an activating group) is 1. The summed E-state index contributed by atoms with van der Waals surface area (Å²) in [7, 11) is 0. The number of nitrogens with one attached hydrogen (secondary N) is 1. The van der Waals surface area contributed by atoms with Crippen molar-refractivity contribution in [3.63, 3.8) is 0 Å². The van der Waals surface area contributed by atoms with Crippen LogP contribution in [0.1, 0.15) is 46.5 Å². The molecule has 0 aromatic rings. The second-order valence-electron chi connectivity index (χ2n) is 5.64. The van der Waals surface area contributed by atoms with Gasteiger partial charge in [-0.25, -0.2) is 0 Å². The number of carbonyl (C=O) groups is 1. The lowest BCUT2D eigenvalue weighted by atomic mass is 9.84. The van der Waals surface area contributed by atoms with Gasteiger partial charge in [-0.2, -0.15) is 0 Å². The lowest BCUT2D eigenvalue weighted by Gasteiger charge is -2.39. The topological polar surface area (TPSA) is 67.6 Å². The first-order chi connectivity index (χ1) is 9.57. The Morgan fingerprint density at radius 3 is 2.65 bits per heavy atom. The van der Waals surface area contributed by atoms with Gasteiger partial charge < -0.3 is 20.7 Å². The first kappa shape index (κ1) is 17.4. The standard InChI is InChI=1S/C15H31N3O2/c1-4-7-13-12-15(14(16)19,8-11-20-13)17-9-10-18(5-2)6-3/h13,17H,4-12H2,1-3H3,(H2,16,19). The Bertz CT molecular complexity index is 293. The van der Waals surface area contributed by atoms with Gasteiger partial charge in [0.15, 0.2) is 0 Å². The molecule has 0 radical (unpaired) electrons. The van der Waals surface area contributed by atoms with Gasteiger partial charge in [-0.3, -0.25) is 4.79 Å². The van der Waals surface area contributed by atoms with Crippen molar-refractivity contribution in [2.24, 2.45) is 5.73 Å². The molecule has 5 nitrogen and oxygen atoms in total. The smallest absolute Gasteiger partial charge is 0.237 e. The van der Waals surface area contributed by atoms with Crippen molar-refractivity contribution in [2.45, 2.75) is 58.1 Å². The average molecular weight is 285 g/mol. The molecule has 2 unspecified atom stereocenters. The number of rotatable bonds is 9. The molecule has 1 aliphatic rings. The summed E-state index contributed by atoms with van der Waals surface area (Å²) < 4.78 is 5.74. The van der Waals surface area contributed by atoms with Crippen molar-refractivity contribution in [2.75, 3.05) is 32.8 Å². The van der Waals surface area contributed by atoms with E-state index >= 15 is 0 Å². The van der Waals surface area contributed by atoms with Crippen molar-refractivity contribution in [3.8, 4) is 0 Å². The third kappa shape index (κ3) is 4.72. The molecule has 0 saturated carbocycles. The number of hydrogen-bond acceptors (Lipinski definition) is 4. The Labute approximate surface area is 123 Å². The van der Waals surface area contributed by atoms with Crippen molar-refractivity contribution in [3.05, 3.63) is 0 Å². The molecule has 3 N–H and O–H groups in total. The van der Waals surface area contributed by atoms with Crippen LogP contribution in [0.3, 0.4) is 0 Å². The van der Waals surface area contributed by atoms with Crippen LogP contribution in [0.4, 0.5) is 0 Å². The van der Waals surface area contributed by atoms with Crippen LogP contribution >= 0.6 is 0 Å². The van der Waals surface area contributed by atoms with E-state index in [1.54, 1.807) is 0 Å². The maximum Gasteiger partial charge on any atom is 0.237 e. The number of hydrogen-bond donors (Lipinski definition) is 2. The highest BCUT2D eigenvalue weighted by Crippen LogP contribution is 2.27. The number of nitrogens with two attached hydrogens (primary N) is 1. The summed E-state index contributed by atoms with van der Waals surface area (Å²) in [6.07, 6.45) is 3.60. The van der Waals surface area contributed by atoms with Crippen molar-refractivity contribution < 1.29 is 9.53 Å². The average Bonchev–Trinajstić information content (AvgIpc) is 2.44. The first-order valence-electron chi connectivity index (χ1n) is 7.96. The fourth-order valence-corrected chi connectivity index (χ4v) is 2.92. The summed E-state index contributed by atoms with van der Waals surface area (Å²) in [5.74, 6) is -0.235. The predicted molar refractivity (Wildman–Crippen MR) is 81.6 cm³/mol. The summed E-state index contributed by atoms with van der Waals surface area (Å²) in [6.45, 7) is 10.9. The molecule has 1 heterocycles. The number of nitrogens with zero attached hydrogens (tertiary/aromatic N) is 1. The Kier molecular flexibility index (Phi) is 7.48. The molecule has 1 aliphatic heterocycles. The van der Waals surface area contributed by atoms with E-state index < -0.39 is 5.54 Å². The number of primary amides is 1. The van der Waals surface area contributed by atoms with Crippen molar-refractivity contribution in [1.82, 2.24) is 10.2 Å². The maximum atomic E-state index is 11.9. The van der Waals surface area contributed by atoms with Crippen molar-refractivity contribution >= 4 is 5.91 Å². The highest BCUT2D eigenvalue weighted by molar-refractivity contribution is 5.84. The normalized spacial score (nSPS) is 26.9. The minimum Gasteiger partial charge on any atom is -0.378 e. The molecule has 1 fully saturated rings. The lowest BCUT2D eigenvalue weighted by molar-refractivity contribution is -0.131. The largest absolute Gasteiger partial charge is 0.378 e. The summed E-state index contributed by atoms with van der Waals surface area (Å²) in [5, 5.41) is 3.43. The Balaban J connectivity index is 2.56. The van der Waals surface area contributed by atoms with Crippen LogP contribution in [0.15, 0.2) is 0 Å². The third-order valence-electron chi connectivity index (χ3n) is 4.33. The van der Waals surface area contributed by atoms with Gasteiger partial charge in [0.2, 0.25) is 5.91 Å². The molecular weight excluding hydrogens is 254 g/mol. The monoisotopic (exact) mass is 285 g/mol. The van der Waals surface area contributed by atoms with Gasteiger partial charge in [0.1, 0.15) is 5.54 Å². The van der Waals surface area contributed by atoms with Gasteiger partial charge in [-0.05, 0) is 25.9 Å². The SMILES string of the molecule is CCCC1CC(NCCN(CC)CC)(C(N)=O)CCO1. The summed E-state index contributed by atoms with van der Waals surface area (Å²) >= 11 is 0. The molecule has 0 aromatic heterocycles. The highest BCUT2D eigenvalue weighted by Gasteiger charge is 2.41. The fourth-order valence-electron chi connectivity index (χ4n) is 2.92. The van der Waals surface area contributed by atoms with E-state index in [0.29, 0.717) is 19.4 Å². The lowest BCUT2D eigenvalue weighted by Crippen LogP contribution is -2.61. The molecule has 0 spiro atoms. The molecule has 0 aromatic carbocycles. The third-order valence-corrected chi connectivity index (χ3v) is 4.33. The number of carbonyl (C=O) groups excluding carboxylic acids is 1. The van der Waals surface area contributed by atoms with E-state index in [1.807, 2.05) is 0 Å². The second-order valence-corrected chi connectivity index (χ2v) is 5.64. The van der Waals surface area contributed by atoms with Gasteiger partial charge in [-0.15, -0.1) is 0 Å². The fraction of sp³-hybridized carbons (Fsp3) is 0.933. The molecule has 118 valence electrons. The van der Waals surface area contributed by atoms with Crippen LogP contribution in [0, 0.1) is 0 Å². The van der Waals surface area contributed by atoms with Gasteiger partial charge >= 0.3 is 0 Å². The molecule has 0 aliphatic carbocycles. The number of ether oxygens (including phenoxy) is 1. The van der Waals surface area contributed by atoms with Gasteiger partial charge in [-0.1, -0.05) is 27.2 Å². The van der Waals surface area contributed by atoms with E-state index in [4.69, 9.17) is 10.5 Å². The van der Waals surface area contributed by atoms with Gasteiger partial charge in [0.05, 0.1) is 6.10 Å². The molecular formula is C15H31N3O2. The van der Waals surface area contributed by atoms with E-state index in [2.05, 4.69) is 31.0 Å². The van der Waals surface area contributed by atoms with Gasteiger partial charge in [0.25, 0.3) is 0 Å². The van der Waals surface area contributed by atoms with E-state index in [-0.39, 0.29) is 12.0 Å². The molecule has 1 saturated heterocycles. The molecule has 20 heavy (non-hydrogen) atoms. The Morgan fingerprint density at radius 1 is 1.40 bits per heavy atom. The Hall–Kier alpha value is -0.650. The van der Waals surface area contributed by atoms with E-state index in [1.165, 1.54) is 0 Å². The van der Waals surface area contributed by atoms with Gasteiger partial charge in [0, 0.05) is 26.1 Å². The molecule has 1 amide bonds. The zero-order valence-corrected chi connectivity index (χ0v) is 13.3. The summed E-state index contributed by atoms with van der Waals surface area (Å²) in [4.78, 5) is 14.3.